The zero-order chi connectivity index (χ0) is 20.4. The van der Waals surface area contributed by atoms with Crippen molar-refractivity contribution in [3.05, 3.63) is 64.3 Å². The van der Waals surface area contributed by atoms with Gasteiger partial charge in [-0.3, -0.25) is 9.59 Å². The fraction of sp³-hybridized carbons (Fsp3) is 0.238. The smallest absolute Gasteiger partial charge is 0.282 e. The zero-order valence-corrected chi connectivity index (χ0v) is 16.7. The molecule has 0 aliphatic carbocycles. The number of ether oxygens (including phenoxy) is 1. The first-order valence-corrected chi connectivity index (χ1v) is 9.13. The van der Waals surface area contributed by atoms with Crippen LogP contribution in [0.1, 0.15) is 11.1 Å². The number of amides is 2. The molecule has 1 heterocycles. The number of anilines is 1. The summed E-state index contributed by atoms with van der Waals surface area (Å²) in [5.41, 5.74) is 2.20. The number of methoxy groups -OCH3 is 1. The van der Waals surface area contributed by atoms with Gasteiger partial charge in [0.05, 0.1) is 25.0 Å². The number of imide groups is 1. The molecule has 0 radical (unpaired) electrons. The lowest BCUT2D eigenvalue weighted by atomic mass is 10.0. The van der Waals surface area contributed by atoms with Crippen molar-refractivity contribution in [2.24, 2.45) is 0 Å². The van der Waals surface area contributed by atoms with Crippen molar-refractivity contribution in [3.8, 4) is 5.75 Å². The van der Waals surface area contributed by atoms with Gasteiger partial charge in [-0.25, -0.2) is 4.90 Å². The van der Waals surface area contributed by atoms with Crippen molar-refractivity contribution in [1.29, 1.82) is 0 Å². The Balaban J connectivity index is 2.18. The van der Waals surface area contributed by atoms with E-state index in [4.69, 9.17) is 16.3 Å². The number of aryl methyl sites for hydroxylation is 1. The van der Waals surface area contributed by atoms with E-state index in [1.807, 2.05) is 6.92 Å². The Morgan fingerprint density at radius 3 is 2.50 bits per heavy atom. The standard InChI is InChI=1S/C21H21ClN2O4/c1-13-8-9-14(12-16(13)22)24-20(26)18(15-6-4-5-7-17(15)28-3)19(21(24)27)23(2)10-11-25/h4-9,12,25H,10-11H2,1-3H3. The van der Waals surface area contributed by atoms with E-state index < -0.39 is 11.8 Å². The highest BCUT2D eigenvalue weighted by Crippen LogP contribution is 2.38. The summed E-state index contributed by atoms with van der Waals surface area (Å²) in [6.45, 7) is 1.89. The van der Waals surface area contributed by atoms with Crippen molar-refractivity contribution < 1.29 is 19.4 Å². The molecule has 2 aromatic rings. The van der Waals surface area contributed by atoms with Crippen LogP contribution in [0.4, 0.5) is 5.69 Å². The summed E-state index contributed by atoms with van der Waals surface area (Å²) in [4.78, 5) is 29.3. The van der Waals surface area contributed by atoms with Gasteiger partial charge in [0.25, 0.3) is 11.8 Å². The second-order valence-corrected chi connectivity index (χ2v) is 6.86. The second-order valence-electron chi connectivity index (χ2n) is 6.45. The van der Waals surface area contributed by atoms with Crippen molar-refractivity contribution in [2.45, 2.75) is 6.92 Å². The Bertz CT molecular complexity index is 971. The predicted molar refractivity (Wildman–Crippen MR) is 108 cm³/mol. The molecular weight excluding hydrogens is 380 g/mol. The first-order valence-electron chi connectivity index (χ1n) is 8.75. The molecule has 2 aromatic carbocycles. The molecule has 0 unspecified atom stereocenters. The molecule has 0 saturated carbocycles. The maximum atomic E-state index is 13.4. The minimum atomic E-state index is -0.471. The third-order valence-corrected chi connectivity index (χ3v) is 5.07. The predicted octanol–water partition coefficient (Wildman–Crippen LogP) is 2.87. The number of hydrogen-bond donors (Lipinski definition) is 1. The van der Waals surface area contributed by atoms with Gasteiger partial charge in [0.15, 0.2) is 0 Å². The van der Waals surface area contributed by atoms with Crippen molar-refractivity contribution in [3.63, 3.8) is 0 Å². The molecule has 3 rings (SSSR count). The SMILES string of the molecule is COc1ccccc1C1=C(N(C)CCO)C(=O)N(c2ccc(C)c(Cl)c2)C1=O. The van der Waals surface area contributed by atoms with Crippen LogP contribution in [0.2, 0.25) is 5.02 Å². The third-order valence-electron chi connectivity index (χ3n) is 4.67. The quantitative estimate of drug-likeness (QED) is 0.755. The third kappa shape index (κ3) is 3.37. The van der Waals surface area contributed by atoms with Crippen LogP contribution in [0, 0.1) is 6.92 Å². The summed E-state index contributed by atoms with van der Waals surface area (Å²) in [7, 11) is 3.17. The van der Waals surface area contributed by atoms with E-state index in [-0.39, 0.29) is 24.4 Å². The molecule has 6 nitrogen and oxygen atoms in total. The molecule has 0 bridgehead atoms. The number of nitrogens with zero attached hydrogens (tertiary/aromatic N) is 2. The van der Waals surface area contributed by atoms with E-state index in [0.29, 0.717) is 22.0 Å². The molecule has 0 fully saturated rings. The highest BCUT2D eigenvalue weighted by Gasteiger charge is 2.42. The summed E-state index contributed by atoms with van der Waals surface area (Å²) in [6.07, 6.45) is 0. The first kappa shape index (κ1) is 19.9. The lowest BCUT2D eigenvalue weighted by molar-refractivity contribution is -0.120. The molecule has 1 aliphatic rings. The van der Waals surface area contributed by atoms with Crippen LogP contribution in [0.5, 0.6) is 5.75 Å². The molecule has 0 aromatic heterocycles. The molecule has 28 heavy (non-hydrogen) atoms. The number of carbonyl (C=O) groups excluding carboxylic acids is 2. The molecule has 2 amide bonds. The molecular formula is C21H21ClN2O4. The summed E-state index contributed by atoms with van der Waals surface area (Å²) >= 11 is 6.21. The number of halogens is 1. The summed E-state index contributed by atoms with van der Waals surface area (Å²) in [5.74, 6) is -0.451. The van der Waals surface area contributed by atoms with Crippen LogP contribution in [0.3, 0.4) is 0 Å². The van der Waals surface area contributed by atoms with Gasteiger partial charge in [-0.1, -0.05) is 35.9 Å². The highest BCUT2D eigenvalue weighted by atomic mass is 35.5. The number of hydrogen-bond acceptors (Lipinski definition) is 5. The van der Waals surface area contributed by atoms with Gasteiger partial charge < -0.3 is 14.7 Å². The Labute approximate surface area is 168 Å². The lowest BCUT2D eigenvalue weighted by Crippen LogP contribution is -2.34. The number of benzene rings is 2. The number of aliphatic hydroxyl groups excluding tert-OH is 1. The van der Waals surface area contributed by atoms with E-state index in [2.05, 4.69) is 0 Å². The Hall–Kier alpha value is -2.83. The minimum Gasteiger partial charge on any atom is -0.496 e. The zero-order valence-electron chi connectivity index (χ0n) is 15.9. The first-order chi connectivity index (χ1) is 13.4. The van der Waals surface area contributed by atoms with E-state index >= 15 is 0 Å². The number of likely N-dealkylation sites (N-methyl/N-ethyl adjacent to an activating group) is 1. The minimum absolute atomic E-state index is 0.156. The highest BCUT2D eigenvalue weighted by molar-refractivity contribution is 6.46. The summed E-state index contributed by atoms with van der Waals surface area (Å²) in [6, 6.07) is 12.1. The number of aliphatic hydroxyl groups is 1. The topological polar surface area (TPSA) is 70.1 Å². The van der Waals surface area contributed by atoms with Gasteiger partial charge in [0.1, 0.15) is 11.4 Å². The fourth-order valence-electron chi connectivity index (χ4n) is 3.18. The average Bonchev–Trinajstić information content (AvgIpc) is 2.94. The molecule has 0 saturated heterocycles. The normalized spacial score (nSPS) is 14.1. The Kier molecular flexibility index (Phi) is 5.72. The van der Waals surface area contributed by atoms with Gasteiger partial charge in [0, 0.05) is 24.2 Å². The summed E-state index contributed by atoms with van der Waals surface area (Å²) in [5, 5.41) is 9.81. The van der Waals surface area contributed by atoms with Crippen LogP contribution in [-0.4, -0.2) is 49.1 Å². The van der Waals surface area contributed by atoms with Crippen LogP contribution < -0.4 is 9.64 Å². The average molecular weight is 401 g/mol. The van der Waals surface area contributed by atoms with Crippen LogP contribution >= 0.6 is 11.6 Å². The van der Waals surface area contributed by atoms with E-state index in [9.17, 15) is 14.7 Å². The maximum absolute atomic E-state index is 13.4. The van der Waals surface area contributed by atoms with Gasteiger partial charge in [0.2, 0.25) is 0 Å². The second kappa shape index (κ2) is 8.04. The molecule has 1 N–H and O–H groups in total. The van der Waals surface area contributed by atoms with E-state index in [0.717, 1.165) is 10.5 Å². The van der Waals surface area contributed by atoms with Crippen molar-refractivity contribution in [1.82, 2.24) is 4.90 Å². The summed E-state index contributed by atoms with van der Waals surface area (Å²) < 4.78 is 5.40. The molecule has 7 heteroatoms. The van der Waals surface area contributed by atoms with E-state index in [1.54, 1.807) is 54.4 Å². The van der Waals surface area contributed by atoms with Gasteiger partial charge in [-0.15, -0.1) is 0 Å². The fourth-order valence-corrected chi connectivity index (χ4v) is 3.36. The monoisotopic (exact) mass is 400 g/mol. The van der Waals surface area contributed by atoms with Gasteiger partial charge in [-0.2, -0.15) is 0 Å². The van der Waals surface area contributed by atoms with E-state index in [1.165, 1.54) is 7.11 Å². The molecule has 0 atom stereocenters. The van der Waals surface area contributed by atoms with Crippen LogP contribution in [0.25, 0.3) is 5.57 Å². The molecule has 1 aliphatic heterocycles. The van der Waals surface area contributed by atoms with Gasteiger partial charge >= 0.3 is 0 Å². The maximum Gasteiger partial charge on any atom is 0.282 e. The van der Waals surface area contributed by atoms with Crippen LogP contribution in [0.15, 0.2) is 48.2 Å². The molecule has 0 spiro atoms. The van der Waals surface area contributed by atoms with Crippen molar-refractivity contribution >= 4 is 34.7 Å². The largest absolute Gasteiger partial charge is 0.496 e. The number of para-hydroxylation sites is 1. The van der Waals surface area contributed by atoms with Crippen molar-refractivity contribution in [2.75, 3.05) is 32.2 Å². The Morgan fingerprint density at radius 2 is 1.86 bits per heavy atom. The van der Waals surface area contributed by atoms with Gasteiger partial charge in [-0.05, 0) is 30.7 Å². The van der Waals surface area contributed by atoms with Crippen LogP contribution in [-0.2, 0) is 9.59 Å². The molecule has 146 valence electrons. The number of rotatable bonds is 6. The number of carbonyl (C=O) groups is 2. The lowest BCUT2D eigenvalue weighted by Gasteiger charge is -2.20. The Morgan fingerprint density at radius 1 is 1.14 bits per heavy atom.